The summed E-state index contributed by atoms with van der Waals surface area (Å²) < 4.78 is 13.5. The van der Waals surface area contributed by atoms with Crippen molar-refractivity contribution >= 4 is 12.4 Å². The van der Waals surface area contributed by atoms with Gasteiger partial charge in [0.05, 0.1) is 0 Å². The van der Waals surface area contributed by atoms with Crippen LogP contribution in [0.4, 0.5) is 4.39 Å². The standard InChI is InChI=1S/C15H20FN.ClH/c1-10-14-8-11-4-5-12(16)9-13(11)15(10,2)6-7-17(14)3;/h4-5,9-10,14H,6-8H2,1-3H3;1H. The van der Waals surface area contributed by atoms with Crippen LogP contribution in [-0.2, 0) is 11.8 Å². The Bertz CT molecular complexity index is 462. The maximum absolute atomic E-state index is 13.5. The average Bonchev–Trinajstić information content (AvgIpc) is 2.30. The lowest BCUT2D eigenvalue weighted by molar-refractivity contribution is 0.0505. The van der Waals surface area contributed by atoms with Crippen molar-refractivity contribution in [3.8, 4) is 0 Å². The molecule has 3 heteroatoms. The van der Waals surface area contributed by atoms with Gasteiger partial charge in [-0.15, -0.1) is 12.4 Å². The molecule has 1 aromatic rings. The van der Waals surface area contributed by atoms with Gasteiger partial charge in [0.1, 0.15) is 5.82 Å². The van der Waals surface area contributed by atoms with E-state index in [1.165, 1.54) is 11.1 Å². The summed E-state index contributed by atoms with van der Waals surface area (Å²) in [6, 6.07) is 5.98. The summed E-state index contributed by atoms with van der Waals surface area (Å²) in [5.41, 5.74) is 2.77. The third-order valence-electron chi connectivity index (χ3n) is 5.25. The van der Waals surface area contributed by atoms with Gasteiger partial charge in [0.15, 0.2) is 0 Å². The molecule has 100 valence electrons. The first-order valence-electron chi connectivity index (χ1n) is 6.51. The van der Waals surface area contributed by atoms with E-state index < -0.39 is 0 Å². The van der Waals surface area contributed by atoms with Crippen LogP contribution in [0.2, 0.25) is 0 Å². The Balaban J connectivity index is 0.00000120. The molecule has 1 heterocycles. The summed E-state index contributed by atoms with van der Waals surface area (Å²) in [6.07, 6.45) is 2.21. The van der Waals surface area contributed by atoms with E-state index in [0.717, 1.165) is 19.4 Å². The topological polar surface area (TPSA) is 3.24 Å². The molecule has 3 rings (SSSR count). The Morgan fingerprint density at radius 3 is 2.83 bits per heavy atom. The van der Waals surface area contributed by atoms with Crippen LogP contribution in [0, 0.1) is 11.7 Å². The highest BCUT2D eigenvalue weighted by Gasteiger charge is 2.47. The Labute approximate surface area is 115 Å². The van der Waals surface area contributed by atoms with Gasteiger partial charge in [-0.1, -0.05) is 19.9 Å². The number of fused-ring (bicyclic) bond motifs is 4. The van der Waals surface area contributed by atoms with Gasteiger partial charge >= 0.3 is 0 Å². The fourth-order valence-electron chi connectivity index (χ4n) is 3.80. The van der Waals surface area contributed by atoms with Crippen LogP contribution in [0.25, 0.3) is 0 Å². The van der Waals surface area contributed by atoms with E-state index in [2.05, 4.69) is 25.8 Å². The van der Waals surface area contributed by atoms with Gasteiger partial charge in [0.2, 0.25) is 0 Å². The lowest BCUT2D eigenvalue weighted by atomic mass is 9.59. The molecule has 2 aliphatic rings. The Hall–Kier alpha value is -0.600. The minimum absolute atomic E-state index is 0. The lowest BCUT2D eigenvalue weighted by Gasteiger charge is -2.53. The molecule has 1 fully saturated rings. The number of halogens is 2. The third kappa shape index (κ3) is 1.78. The molecule has 0 radical (unpaired) electrons. The number of hydrogen-bond donors (Lipinski definition) is 0. The summed E-state index contributed by atoms with van der Waals surface area (Å²) in [4.78, 5) is 2.47. The van der Waals surface area contributed by atoms with Crippen molar-refractivity contribution in [2.45, 2.75) is 38.1 Å². The van der Waals surface area contributed by atoms with Crippen LogP contribution < -0.4 is 0 Å². The summed E-state index contributed by atoms with van der Waals surface area (Å²) >= 11 is 0. The molecule has 0 saturated carbocycles. The van der Waals surface area contributed by atoms with Crippen molar-refractivity contribution in [3.05, 3.63) is 35.1 Å². The molecular weight excluding hydrogens is 249 g/mol. The molecule has 3 unspecified atom stereocenters. The lowest BCUT2D eigenvalue weighted by Crippen LogP contribution is -2.56. The van der Waals surface area contributed by atoms with E-state index in [0.29, 0.717) is 12.0 Å². The second kappa shape index (κ2) is 4.50. The first kappa shape index (κ1) is 13.8. The predicted octanol–water partition coefficient (Wildman–Crippen LogP) is 3.40. The highest BCUT2D eigenvalue weighted by atomic mass is 35.5. The third-order valence-corrected chi connectivity index (χ3v) is 5.25. The summed E-state index contributed by atoms with van der Waals surface area (Å²) in [5, 5.41) is 0. The highest BCUT2D eigenvalue weighted by molar-refractivity contribution is 5.85. The minimum Gasteiger partial charge on any atom is -0.303 e. The molecule has 1 nitrogen and oxygen atoms in total. The number of hydrogen-bond acceptors (Lipinski definition) is 1. The van der Waals surface area contributed by atoms with E-state index in [1.807, 2.05) is 6.07 Å². The van der Waals surface area contributed by atoms with Gasteiger partial charge in [-0.05, 0) is 61.0 Å². The number of likely N-dealkylation sites (tertiary alicyclic amines) is 1. The zero-order valence-corrected chi connectivity index (χ0v) is 12.1. The van der Waals surface area contributed by atoms with Crippen LogP contribution in [0.5, 0.6) is 0 Å². The Morgan fingerprint density at radius 1 is 1.39 bits per heavy atom. The fraction of sp³-hybridized carbons (Fsp3) is 0.600. The average molecular weight is 270 g/mol. The van der Waals surface area contributed by atoms with Gasteiger partial charge in [-0.3, -0.25) is 0 Å². The van der Waals surface area contributed by atoms with Crippen molar-refractivity contribution in [1.82, 2.24) is 4.90 Å². The van der Waals surface area contributed by atoms with E-state index >= 15 is 0 Å². The van der Waals surface area contributed by atoms with Crippen LogP contribution in [0.1, 0.15) is 31.4 Å². The van der Waals surface area contributed by atoms with Gasteiger partial charge < -0.3 is 4.90 Å². The summed E-state index contributed by atoms with van der Waals surface area (Å²) in [6.45, 7) is 5.77. The summed E-state index contributed by atoms with van der Waals surface area (Å²) in [7, 11) is 2.22. The number of nitrogens with zero attached hydrogens (tertiary/aromatic N) is 1. The normalized spacial score (nSPS) is 34.7. The number of benzene rings is 1. The second-order valence-electron chi connectivity index (χ2n) is 6.01. The maximum Gasteiger partial charge on any atom is 0.123 e. The molecule has 2 bridgehead atoms. The van der Waals surface area contributed by atoms with Crippen molar-refractivity contribution < 1.29 is 4.39 Å². The van der Waals surface area contributed by atoms with Crippen molar-refractivity contribution in [1.29, 1.82) is 0 Å². The molecule has 18 heavy (non-hydrogen) atoms. The van der Waals surface area contributed by atoms with E-state index in [4.69, 9.17) is 0 Å². The molecule has 0 spiro atoms. The van der Waals surface area contributed by atoms with E-state index in [-0.39, 0.29) is 23.6 Å². The molecule has 0 N–H and O–H groups in total. The molecule has 0 amide bonds. The molecular formula is C15H21ClFN. The monoisotopic (exact) mass is 269 g/mol. The number of rotatable bonds is 0. The second-order valence-corrected chi connectivity index (χ2v) is 6.01. The zero-order valence-electron chi connectivity index (χ0n) is 11.2. The van der Waals surface area contributed by atoms with E-state index in [9.17, 15) is 4.39 Å². The molecule has 1 aromatic carbocycles. The minimum atomic E-state index is -0.0884. The van der Waals surface area contributed by atoms with Crippen LogP contribution in [0.15, 0.2) is 18.2 Å². The SMILES string of the molecule is CC1C2Cc3ccc(F)cc3C1(C)CCN2C.Cl. The Morgan fingerprint density at radius 2 is 2.11 bits per heavy atom. The fourth-order valence-corrected chi connectivity index (χ4v) is 3.80. The highest BCUT2D eigenvalue weighted by Crippen LogP contribution is 2.48. The zero-order chi connectivity index (χ0) is 12.2. The maximum atomic E-state index is 13.5. The van der Waals surface area contributed by atoms with Gasteiger partial charge in [-0.2, -0.15) is 0 Å². The molecule has 1 aliphatic heterocycles. The van der Waals surface area contributed by atoms with Crippen molar-refractivity contribution in [2.75, 3.05) is 13.6 Å². The van der Waals surface area contributed by atoms with Crippen LogP contribution in [-0.4, -0.2) is 24.5 Å². The summed E-state index contributed by atoms with van der Waals surface area (Å²) in [5.74, 6) is 0.519. The quantitative estimate of drug-likeness (QED) is 0.698. The van der Waals surface area contributed by atoms with Crippen molar-refractivity contribution in [2.24, 2.45) is 5.92 Å². The molecule has 1 saturated heterocycles. The molecule has 3 atom stereocenters. The van der Waals surface area contributed by atoms with Crippen molar-refractivity contribution in [3.63, 3.8) is 0 Å². The molecule has 0 aromatic heterocycles. The largest absolute Gasteiger partial charge is 0.303 e. The van der Waals surface area contributed by atoms with Crippen LogP contribution in [0.3, 0.4) is 0 Å². The van der Waals surface area contributed by atoms with E-state index in [1.54, 1.807) is 12.1 Å². The van der Waals surface area contributed by atoms with Crippen LogP contribution >= 0.6 is 12.4 Å². The van der Waals surface area contributed by atoms with Gasteiger partial charge in [0.25, 0.3) is 0 Å². The van der Waals surface area contributed by atoms with Gasteiger partial charge in [-0.25, -0.2) is 4.39 Å². The first-order valence-corrected chi connectivity index (χ1v) is 6.51. The smallest absolute Gasteiger partial charge is 0.123 e. The Kier molecular flexibility index (Phi) is 3.46. The predicted molar refractivity (Wildman–Crippen MR) is 74.9 cm³/mol. The number of likely N-dealkylation sites (N-methyl/N-ethyl adjacent to an activating group) is 1. The number of piperidine rings is 1. The molecule has 1 aliphatic carbocycles. The first-order chi connectivity index (χ1) is 8.02. The van der Waals surface area contributed by atoms with Gasteiger partial charge in [0, 0.05) is 6.04 Å².